The van der Waals surface area contributed by atoms with E-state index in [1.807, 2.05) is 18.2 Å². The van der Waals surface area contributed by atoms with Gasteiger partial charge in [-0.15, -0.1) is 0 Å². The highest BCUT2D eigenvalue weighted by Crippen LogP contribution is 2.75. The van der Waals surface area contributed by atoms with Gasteiger partial charge in [0.05, 0.1) is 11.1 Å². The zero-order valence-corrected chi connectivity index (χ0v) is 16.9. The minimum atomic E-state index is -0.867. The number of hydrogen-bond acceptors (Lipinski definition) is 4. The summed E-state index contributed by atoms with van der Waals surface area (Å²) in [5.74, 6) is 0.756. The number of rotatable bonds is 2. The Labute approximate surface area is 167 Å². The molecule has 1 aromatic carbocycles. The van der Waals surface area contributed by atoms with E-state index in [9.17, 15) is 10.2 Å². The van der Waals surface area contributed by atoms with Crippen molar-refractivity contribution in [3.8, 4) is 5.75 Å². The van der Waals surface area contributed by atoms with Crippen LogP contribution in [0.25, 0.3) is 0 Å². The van der Waals surface area contributed by atoms with Gasteiger partial charge in [-0.05, 0) is 72.8 Å². The highest BCUT2D eigenvalue weighted by Gasteiger charge is 2.68. The summed E-state index contributed by atoms with van der Waals surface area (Å²) in [5.41, 5.74) is 13.6. The number of para-hydroxylation sites is 1. The molecule has 0 aromatic heterocycles. The van der Waals surface area contributed by atoms with Crippen molar-refractivity contribution in [1.82, 2.24) is 0 Å². The van der Waals surface area contributed by atoms with E-state index >= 15 is 0 Å². The lowest BCUT2D eigenvalue weighted by Gasteiger charge is -2.70. The molecule has 150 valence electrons. The van der Waals surface area contributed by atoms with Crippen LogP contribution in [0.5, 0.6) is 5.75 Å². The molecule has 5 aliphatic carbocycles. The lowest BCUT2D eigenvalue weighted by molar-refractivity contribution is -0.181. The van der Waals surface area contributed by atoms with E-state index in [4.69, 9.17) is 11.5 Å². The number of aliphatic hydroxyl groups is 1. The van der Waals surface area contributed by atoms with Gasteiger partial charge in [-0.2, -0.15) is 0 Å². The Kier molecular flexibility index (Phi) is 3.46. The van der Waals surface area contributed by atoms with Gasteiger partial charge in [0.15, 0.2) is 0 Å². The maximum absolute atomic E-state index is 11.6. The molecule has 4 saturated carbocycles. The van der Waals surface area contributed by atoms with Crippen molar-refractivity contribution in [2.45, 2.75) is 63.9 Å². The Balaban J connectivity index is 1.78. The van der Waals surface area contributed by atoms with E-state index in [1.54, 1.807) is 12.1 Å². The van der Waals surface area contributed by atoms with Crippen molar-refractivity contribution in [1.29, 1.82) is 0 Å². The second-order valence-electron chi connectivity index (χ2n) is 11.0. The van der Waals surface area contributed by atoms with E-state index in [-0.39, 0.29) is 22.0 Å². The van der Waals surface area contributed by atoms with Crippen LogP contribution in [-0.4, -0.2) is 16.3 Å². The van der Waals surface area contributed by atoms with Crippen LogP contribution in [0.15, 0.2) is 42.1 Å². The Bertz CT molecular complexity index is 886. The summed E-state index contributed by atoms with van der Waals surface area (Å²) in [5, 5.41) is 22.6. The molecular formula is C24H32N2O2. The molecule has 0 radical (unpaired) electrons. The summed E-state index contributed by atoms with van der Waals surface area (Å²) in [6.45, 7) is 4.85. The number of anilines is 1. The normalized spacial score (nSPS) is 46.6. The summed E-state index contributed by atoms with van der Waals surface area (Å²) < 4.78 is 0. The molecule has 4 bridgehead atoms. The van der Waals surface area contributed by atoms with Crippen LogP contribution < -0.4 is 11.5 Å². The van der Waals surface area contributed by atoms with Crippen LogP contribution in [0.1, 0.15) is 57.9 Å². The number of hydrogen-bond donors (Lipinski definition) is 4. The van der Waals surface area contributed by atoms with Crippen LogP contribution >= 0.6 is 0 Å². The lowest BCUT2D eigenvalue weighted by Crippen LogP contribution is -2.65. The van der Waals surface area contributed by atoms with Crippen molar-refractivity contribution in [2.24, 2.45) is 27.9 Å². The van der Waals surface area contributed by atoms with Crippen molar-refractivity contribution >= 4 is 5.69 Å². The van der Waals surface area contributed by atoms with E-state index < -0.39 is 11.5 Å². The number of nitrogens with two attached hydrogens (primary N) is 2. The van der Waals surface area contributed by atoms with Crippen molar-refractivity contribution in [3.63, 3.8) is 0 Å². The molecule has 0 amide bonds. The molecule has 6 rings (SSSR count). The molecule has 4 atom stereocenters. The third kappa shape index (κ3) is 2.15. The van der Waals surface area contributed by atoms with Gasteiger partial charge in [0.1, 0.15) is 11.9 Å². The molecule has 0 saturated heterocycles. The number of aromatic hydroxyl groups is 1. The van der Waals surface area contributed by atoms with E-state index in [0.717, 1.165) is 24.8 Å². The largest absolute Gasteiger partial charge is 0.505 e. The first kappa shape index (κ1) is 18.1. The Morgan fingerprint density at radius 1 is 1.00 bits per heavy atom. The summed E-state index contributed by atoms with van der Waals surface area (Å²) in [6, 6.07) is 5.53. The minimum absolute atomic E-state index is 0.0898. The summed E-state index contributed by atoms with van der Waals surface area (Å²) >= 11 is 0. The van der Waals surface area contributed by atoms with Gasteiger partial charge in [0, 0.05) is 11.3 Å². The van der Waals surface area contributed by atoms with Crippen LogP contribution in [0.2, 0.25) is 0 Å². The first-order valence-corrected chi connectivity index (χ1v) is 10.5. The Hall–Kier alpha value is -1.94. The number of phenolic OH excluding ortho intramolecular Hbond substituents is 1. The molecule has 4 fully saturated rings. The quantitative estimate of drug-likeness (QED) is 0.461. The summed E-state index contributed by atoms with van der Waals surface area (Å²) in [4.78, 5) is 0. The molecule has 4 heteroatoms. The van der Waals surface area contributed by atoms with Gasteiger partial charge in [-0.25, -0.2) is 0 Å². The van der Waals surface area contributed by atoms with E-state index in [0.29, 0.717) is 17.3 Å². The van der Waals surface area contributed by atoms with Gasteiger partial charge in [-0.3, -0.25) is 0 Å². The number of allylic oxidation sites excluding steroid dienone is 2. The molecule has 0 spiro atoms. The zero-order chi connectivity index (χ0) is 19.9. The van der Waals surface area contributed by atoms with Gasteiger partial charge >= 0.3 is 0 Å². The molecule has 28 heavy (non-hydrogen) atoms. The number of phenols is 1. The third-order valence-corrected chi connectivity index (χ3v) is 8.41. The Morgan fingerprint density at radius 2 is 1.68 bits per heavy atom. The molecule has 5 aliphatic rings. The van der Waals surface area contributed by atoms with Crippen molar-refractivity contribution in [2.75, 3.05) is 5.73 Å². The van der Waals surface area contributed by atoms with Crippen LogP contribution in [0.3, 0.4) is 0 Å². The average molecular weight is 381 g/mol. The molecule has 0 heterocycles. The van der Waals surface area contributed by atoms with E-state index in [1.165, 1.54) is 19.3 Å². The zero-order valence-electron chi connectivity index (χ0n) is 16.9. The second-order valence-corrected chi connectivity index (χ2v) is 11.0. The Morgan fingerprint density at radius 3 is 2.32 bits per heavy atom. The van der Waals surface area contributed by atoms with Crippen LogP contribution in [0, 0.1) is 22.2 Å². The smallest absolute Gasteiger partial charge is 0.142 e. The number of benzene rings is 1. The second kappa shape index (κ2) is 5.35. The van der Waals surface area contributed by atoms with Gasteiger partial charge in [0.2, 0.25) is 0 Å². The third-order valence-electron chi connectivity index (χ3n) is 8.41. The fourth-order valence-corrected chi connectivity index (χ4v) is 8.55. The molecule has 1 aromatic rings. The highest BCUT2D eigenvalue weighted by atomic mass is 16.3. The molecule has 4 unspecified atom stereocenters. The first-order chi connectivity index (χ1) is 13.1. The average Bonchev–Trinajstić information content (AvgIpc) is 2.57. The fraction of sp³-hybridized carbons (Fsp3) is 0.583. The molecule has 4 nitrogen and oxygen atoms in total. The van der Waals surface area contributed by atoms with Gasteiger partial charge < -0.3 is 21.7 Å². The highest BCUT2D eigenvalue weighted by molar-refractivity contribution is 5.61. The maximum atomic E-state index is 11.6. The standard InChI is InChI=1S/C24H32N2O2/c1-21-9-15-10-22(2,12-21)14-23(11-15,13-21)24(8-4-7-18(26)20(24)28)16-5-3-6-17(25)19(16)27/h3-8,15,20,27-28H,9-14,25-26H2,1-2H3. The lowest BCUT2D eigenvalue weighted by atomic mass is 9.34. The number of nitrogen functional groups attached to an aromatic ring is 1. The monoisotopic (exact) mass is 380 g/mol. The van der Waals surface area contributed by atoms with Gasteiger partial charge in [-0.1, -0.05) is 38.1 Å². The molecule has 0 aliphatic heterocycles. The van der Waals surface area contributed by atoms with Gasteiger partial charge in [0.25, 0.3) is 0 Å². The van der Waals surface area contributed by atoms with E-state index in [2.05, 4.69) is 19.9 Å². The minimum Gasteiger partial charge on any atom is -0.505 e. The van der Waals surface area contributed by atoms with Crippen LogP contribution in [0.4, 0.5) is 5.69 Å². The fourth-order valence-electron chi connectivity index (χ4n) is 8.55. The SMILES string of the molecule is CC12CC3CC(C)(C1)CC(C1(c4cccc(N)c4O)C=CC=C(N)C1O)(C3)C2. The van der Waals surface area contributed by atoms with Crippen molar-refractivity contribution in [3.05, 3.63) is 47.7 Å². The van der Waals surface area contributed by atoms with Crippen molar-refractivity contribution < 1.29 is 10.2 Å². The summed E-state index contributed by atoms with van der Waals surface area (Å²) in [6.07, 6.45) is 12.0. The molecular weight excluding hydrogens is 348 g/mol. The molecule has 6 N–H and O–H groups in total. The summed E-state index contributed by atoms with van der Waals surface area (Å²) in [7, 11) is 0. The maximum Gasteiger partial charge on any atom is 0.142 e. The predicted octanol–water partition coefficient (Wildman–Crippen LogP) is 3.98. The number of aliphatic hydroxyl groups excluding tert-OH is 1. The topological polar surface area (TPSA) is 92.5 Å². The first-order valence-electron chi connectivity index (χ1n) is 10.5. The predicted molar refractivity (Wildman–Crippen MR) is 111 cm³/mol. The van der Waals surface area contributed by atoms with Crippen LogP contribution in [-0.2, 0) is 5.41 Å².